The number of benzene rings is 2. The molecule has 2 aromatic carbocycles. The number of hydrogen-bond acceptors (Lipinski definition) is 5. The van der Waals surface area contributed by atoms with Crippen molar-refractivity contribution in [2.24, 2.45) is 0 Å². The minimum absolute atomic E-state index is 0.0713. The van der Waals surface area contributed by atoms with E-state index in [2.05, 4.69) is 15.2 Å². The molecule has 1 N–H and O–H groups in total. The summed E-state index contributed by atoms with van der Waals surface area (Å²) < 4.78 is 11.3. The maximum atomic E-state index is 12.2. The highest BCUT2D eigenvalue weighted by Crippen LogP contribution is 2.20. The monoisotopic (exact) mass is 403 g/mol. The molecule has 0 saturated carbocycles. The van der Waals surface area contributed by atoms with E-state index in [4.69, 9.17) is 9.47 Å². The Bertz CT molecular complexity index is 938. The number of rotatable bonds is 8. The highest BCUT2D eigenvalue weighted by molar-refractivity contribution is 5.91. The third kappa shape index (κ3) is 5.50. The van der Waals surface area contributed by atoms with Crippen LogP contribution in [0.25, 0.3) is 0 Å². The van der Waals surface area contributed by atoms with Gasteiger partial charge in [-0.05, 0) is 54.8 Å². The van der Waals surface area contributed by atoms with Crippen LogP contribution in [0.3, 0.4) is 0 Å². The maximum Gasteiger partial charge on any atom is 0.262 e. The summed E-state index contributed by atoms with van der Waals surface area (Å²) >= 11 is 0. The molecule has 3 aromatic rings. The van der Waals surface area contributed by atoms with Crippen LogP contribution in [0.4, 0.5) is 11.5 Å². The number of carbonyl (C=O) groups is 1. The van der Waals surface area contributed by atoms with Gasteiger partial charge in [0.1, 0.15) is 23.9 Å². The van der Waals surface area contributed by atoms with Crippen LogP contribution < -0.4 is 19.7 Å². The molecule has 6 heteroatoms. The average molecular weight is 403 g/mol. The summed E-state index contributed by atoms with van der Waals surface area (Å²) in [5.41, 5.74) is 1.77. The Morgan fingerprint density at radius 1 is 0.900 bits per heavy atom. The van der Waals surface area contributed by atoms with Gasteiger partial charge in [0.05, 0.1) is 11.9 Å². The minimum atomic E-state index is -0.227. The van der Waals surface area contributed by atoms with Gasteiger partial charge in [-0.15, -0.1) is 0 Å². The van der Waals surface area contributed by atoms with Gasteiger partial charge >= 0.3 is 0 Å². The Morgan fingerprint density at radius 3 is 2.27 bits per heavy atom. The molecule has 0 unspecified atom stereocenters. The number of hydrogen-bond donors (Lipinski definition) is 1. The van der Waals surface area contributed by atoms with Crippen molar-refractivity contribution in [2.75, 3.05) is 29.9 Å². The van der Waals surface area contributed by atoms with Gasteiger partial charge in [-0.2, -0.15) is 0 Å². The van der Waals surface area contributed by atoms with Crippen LogP contribution in [0, 0.1) is 0 Å². The minimum Gasteiger partial charge on any atom is -0.489 e. The van der Waals surface area contributed by atoms with Crippen molar-refractivity contribution in [3.63, 3.8) is 0 Å². The zero-order valence-corrected chi connectivity index (χ0v) is 16.8. The third-order valence-electron chi connectivity index (χ3n) is 4.90. The first-order valence-corrected chi connectivity index (χ1v) is 10.2. The first-order valence-electron chi connectivity index (χ1n) is 10.2. The van der Waals surface area contributed by atoms with Crippen molar-refractivity contribution >= 4 is 17.4 Å². The lowest BCUT2D eigenvalue weighted by Gasteiger charge is -2.16. The zero-order valence-electron chi connectivity index (χ0n) is 16.8. The number of ether oxygens (including phenoxy) is 2. The molecule has 1 aliphatic rings. The lowest BCUT2D eigenvalue weighted by Crippen LogP contribution is -2.21. The van der Waals surface area contributed by atoms with Crippen molar-refractivity contribution in [3.05, 3.63) is 78.5 Å². The maximum absolute atomic E-state index is 12.2. The highest BCUT2D eigenvalue weighted by atomic mass is 16.5. The van der Waals surface area contributed by atoms with E-state index in [1.807, 2.05) is 54.6 Å². The summed E-state index contributed by atoms with van der Waals surface area (Å²) in [4.78, 5) is 18.8. The van der Waals surface area contributed by atoms with Crippen LogP contribution in [0.1, 0.15) is 18.4 Å². The van der Waals surface area contributed by atoms with Gasteiger partial charge in [-0.3, -0.25) is 4.79 Å². The van der Waals surface area contributed by atoms with E-state index < -0.39 is 0 Å². The summed E-state index contributed by atoms with van der Waals surface area (Å²) in [6.07, 6.45) is 4.10. The first kappa shape index (κ1) is 19.8. The van der Waals surface area contributed by atoms with Crippen LogP contribution in [0.15, 0.2) is 72.9 Å². The average Bonchev–Trinajstić information content (AvgIpc) is 3.33. The number of pyridine rings is 1. The summed E-state index contributed by atoms with van der Waals surface area (Å²) in [5, 5.41) is 2.81. The van der Waals surface area contributed by atoms with Crippen molar-refractivity contribution in [3.8, 4) is 11.5 Å². The lowest BCUT2D eigenvalue weighted by atomic mass is 10.2. The molecule has 4 rings (SSSR count). The molecular formula is C24H25N3O3. The van der Waals surface area contributed by atoms with Crippen molar-refractivity contribution in [2.45, 2.75) is 19.4 Å². The van der Waals surface area contributed by atoms with E-state index in [0.717, 1.165) is 30.2 Å². The molecule has 6 nitrogen and oxygen atoms in total. The van der Waals surface area contributed by atoms with Crippen LogP contribution in [0.5, 0.6) is 11.5 Å². The number of carbonyl (C=O) groups excluding carboxylic acids is 1. The van der Waals surface area contributed by atoms with Crippen LogP contribution in [-0.2, 0) is 11.4 Å². The standard InChI is InChI=1S/C24H25N3O3/c28-24(26-20-8-13-23(25-16-20)27-14-4-5-15-27)18-30-22-11-9-21(10-12-22)29-17-19-6-2-1-3-7-19/h1-3,6-13,16H,4-5,14-15,17-18H2,(H,26,28). The molecule has 1 saturated heterocycles. The summed E-state index contributed by atoms with van der Waals surface area (Å²) in [5.74, 6) is 2.09. The SMILES string of the molecule is O=C(COc1ccc(OCc2ccccc2)cc1)Nc1ccc(N2CCCC2)nc1. The molecule has 2 heterocycles. The molecule has 0 bridgehead atoms. The predicted molar refractivity (Wildman–Crippen MR) is 117 cm³/mol. The molecule has 1 aromatic heterocycles. The fraction of sp³-hybridized carbons (Fsp3) is 0.250. The predicted octanol–water partition coefficient (Wildman–Crippen LogP) is 4.28. The largest absolute Gasteiger partial charge is 0.489 e. The second kappa shape index (κ2) is 9.78. The molecule has 154 valence electrons. The normalized spacial score (nSPS) is 13.1. The smallest absolute Gasteiger partial charge is 0.262 e. The van der Waals surface area contributed by atoms with Gasteiger partial charge in [0.15, 0.2) is 6.61 Å². The van der Waals surface area contributed by atoms with Crippen molar-refractivity contribution in [1.82, 2.24) is 4.98 Å². The van der Waals surface area contributed by atoms with E-state index in [9.17, 15) is 4.79 Å². The van der Waals surface area contributed by atoms with Crippen LogP contribution in [0.2, 0.25) is 0 Å². The Kier molecular flexibility index (Phi) is 6.44. The molecule has 1 fully saturated rings. The molecule has 0 aliphatic carbocycles. The second-order valence-corrected chi connectivity index (χ2v) is 7.18. The van der Waals surface area contributed by atoms with Crippen LogP contribution >= 0.6 is 0 Å². The molecule has 0 radical (unpaired) electrons. The van der Waals surface area contributed by atoms with E-state index in [-0.39, 0.29) is 12.5 Å². The molecule has 30 heavy (non-hydrogen) atoms. The van der Waals surface area contributed by atoms with Crippen molar-refractivity contribution in [1.29, 1.82) is 0 Å². The quantitative estimate of drug-likeness (QED) is 0.608. The zero-order chi connectivity index (χ0) is 20.6. The molecule has 0 atom stereocenters. The number of amides is 1. The number of nitrogens with one attached hydrogen (secondary N) is 1. The van der Waals surface area contributed by atoms with E-state index in [1.165, 1.54) is 12.8 Å². The van der Waals surface area contributed by atoms with Gasteiger partial charge in [0.25, 0.3) is 5.91 Å². The lowest BCUT2D eigenvalue weighted by molar-refractivity contribution is -0.118. The van der Waals surface area contributed by atoms with E-state index >= 15 is 0 Å². The molecule has 0 spiro atoms. The molecular weight excluding hydrogens is 378 g/mol. The van der Waals surface area contributed by atoms with E-state index in [1.54, 1.807) is 18.3 Å². The van der Waals surface area contributed by atoms with Gasteiger partial charge in [-0.1, -0.05) is 30.3 Å². The van der Waals surface area contributed by atoms with Gasteiger partial charge in [0, 0.05) is 13.1 Å². The number of nitrogens with zero attached hydrogens (tertiary/aromatic N) is 2. The number of anilines is 2. The molecule has 1 aliphatic heterocycles. The first-order chi connectivity index (χ1) is 14.8. The van der Waals surface area contributed by atoms with Gasteiger partial charge in [0.2, 0.25) is 0 Å². The summed E-state index contributed by atoms with van der Waals surface area (Å²) in [6.45, 7) is 2.53. The van der Waals surface area contributed by atoms with Crippen molar-refractivity contribution < 1.29 is 14.3 Å². The van der Waals surface area contributed by atoms with E-state index in [0.29, 0.717) is 18.0 Å². The Morgan fingerprint density at radius 2 is 1.60 bits per heavy atom. The number of aromatic nitrogens is 1. The fourth-order valence-electron chi connectivity index (χ4n) is 3.31. The van der Waals surface area contributed by atoms with Gasteiger partial charge in [-0.25, -0.2) is 4.98 Å². The van der Waals surface area contributed by atoms with Crippen LogP contribution in [-0.4, -0.2) is 30.6 Å². The Hall–Kier alpha value is -3.54. The summed E-state index contributed by atoms with van der Waals surface area (Å²) in [7, 11) is 0. The Labute approximate surface area is 176 Å². The second-order valence-electron chi connectivity index (χ2n) is 7.18. The topological polar surface area (TPSA) is 63.7 Å². The fourth-order valence-corrected chi connectivity index (χ4v) is 3.31. The summed E-state index contributed by atoms with van der Waals surface area (Å²) in [6, 6.07) is 21.0. The third-order valence-corrected chi connectivity index (χ3v) is 4.90. The van der Waals surface area contributed by atoms with Gasteiger partial charge < -0.3 is 19.7 Å². The molecule has 1 amide bonds. The highest BCUT2D eigenvalue weighted by Gasteiger charge is 2.13. The Balaban J connectivity index is 1.21.